The Hall–Kier alpha value is -2.37. The molecular formula is C21H29N3O3. The highest BCUT2D eigenvalue weighted by Crippen LogP contribution is 2.33. The van der Waals surface area contributed by atoms with Crippen molar-refractivity contribution in [1.82, 2.24) is 5.43 Å². The molecule has 146 valence electrons. The van der Waals surface area contributed by atoms with E-state index in [0.717, 1.165) is 56.2 Å². The molecule has 1 saturated carbocycles. The number of hydrogen-bond acceptors (Lipinski definition) is 4. The number of methoxy groups -OCH3 is 1. The van der Waals surface area contributed by atoms with Gasteiger partial charge in [0.25, 0.3) is 5.91 Å². The zero-order valence-electron chi connectivity index (χ0n) is 16.3. The Balaban J connectivity index is 1.80. The van der Waals surface area contributed by atoms with Gasteiger partial charge in [-0.3, -0.25) is 9.59 Å². The van der Waals surface area contributed by atoms with Crippen LogP contribution in [0.2, 0.25) is 0 Å². The van der Waals surface area contributed by atoms with E-state index in [-0.39, 0.29) is 17.7 Å². The smallest absolute Gasteiger partial charge is 0.279 e. The van der Waals surface area contributed by atoms with E-state index in [1.54, 1.807) is 12.0 Å². The Labute approximate surface area is 161 Å². The Morgan fingerprint density at radius 3 is 2.74 bits per heavy atom. The highest BCUT2D eigenvalue weighted by atomic mass is 16.5. The summed E-state index contributed by atoms with van der Waals surface area (Å²) in [5.74, 6) is 0.484. The van der Waals surface area contributed by atoms with Gasteiger partial charge in [-0.15, -0.1) is 0 Å². The monoisotopic (exact) mass is 371 g/mol. The molecule has 3 rings (SSSR count). The number of unbranched alkanes of at least 4 members (excludes halogenated alkanes) is 2. The minimum Gasteiger partial charge on any atom is -0.497 e. The largest absolute Gasteiger partial charge is 0.497 e. The summed E-state index contributed by atoms with van der Waals surface area (Å²) in [7, 11) is 1.61. The van der Waals surface area contributed by atoms with E-state index in [2.05, 4.69) is 17.5 Å². The molecule has 0 unspecified atom stereocenters. The van der Waals surface area contributed by atoms with Crippen LogP contribution in [0, 0.1) is 5.92 Å². The molecule has 1 heterocycles. The van der Waals surface area contributed by atoms with Gasteiger partial charge in [0.1, 0.15) is 5.75 Å². The van der Waals surface area contributed by atoms with Crippen molar-refractivity contribution in [2.24, 2.45) is 11.0 Å². The lowest BCUT2D eigenvalue weighted by atomic mass is 9.89. The minimum atomic E-state index is -0.154. The van der Waals surface area contributed by atoms with Crippen LogP contribution in [-0.4, -0.2) is 31.2 Å². The van der Waals surface area contributed by atoms with Gasteiger partial charge in [0.05, 0.1) is 12.8 Å². The summed E-state index contributed by atoms with van der Waals surface area (Å²) in [6.45, 7) is 2.78. The lowest BCUT2D eigenvalue weighted by Gasteiger charge is -2.19. The number of nitrogens with one attached hydrogen (secondary N) is 1. The maximum absolute atomic E-state index is 12.9. The average molecular weight is 371 g/mol. The molecule has 1 aromatic rings. The first-order valence-electron chi connectivity index (χ1n) is 10.0. The van der Waals surface area contributed by atoms with Gasteiger partial charge in [-0.2, -0.15) is 5.10 Å². The van der Waals surface area contributed by atoms with Crippen molar-refractivity contribution in [3.8, 4) is 5.75 Å². The average Bonchev–Trinajstić information content (AvgIpc) is 2.97. The van der Waals surface area contributed by atoms with Gasteiger partial charge >= 0.3 is 0 Å². The van der Waals surface area contributed by atoms with Gasteiger partial charge in [-0.05, 0) is 31.4 Å². The predicted molar refractivity (Wildman–Crippen MR) is 106 cm³/mol. The number of hydrazone groups is 1. The number of carbonyl (C=O) groups is 2. The van der Waals surface area contributed by atoms with E-state index in [9.17, 15) is 9.59 Å². The van der Waals surface area contributed by atoms with E-state index in [1.165, 1.54) is 6.42 Å². The van der Waals surface area contributed by atoms with E-state index >= 15 is 0 Å². The summed E-state index contributed by atoms with van der Waals surface area (Å²) in [5, 5.41) is 4.24. The summed E-state index contributed by atoms with van der Waals surface area (Å²) in [4.78, 5) is 27.1. The fourth-order valence-electron chi connectivity index (χ4n) is 3.83. The molecule has 1 aliphatic carbocycles. The number of nitrogens with zero attached hydrogens (tertiary/aromatic N) is 2. The Morgan fingerprint density at radius 1 is 1.26 bits per heavy atom. The fourth-order valence-corrected chi connectivity index (χ4v) is 3.83. The van der Waals surface area contributed by atoms with E-state index in [1.807, 2.05) is 18.2 Å². The molecule has 0 spiro atoms. The lowest BCUT2D eigenvalue weighted by molar-refractivity contribution is -0.125. The van der Waals surface area contributed by atoms with E-state index < -0.39 is 0 Å². The Morgan fingerprint density at radius 2 is 2.04 bits per heavy atom. The van der Waals surface area contributed by atoms with Crippen LogP contribution in [-0.2, 0) is 9.59 Å². The molecule has 27 heavy (non-hydrogen) atoms. The lowest BCUT2D eigenvalue weighted by Crippen LogP contribution is -2.34. The number of carbonyl (C=O) groups excluding carboxylic acids is 2. The number of hydrogen-bond donors (Lipinski definition) is 1. The maximum Gasteiger partial charge on any atom is 0.279 e. The van der Waals surface area contributed by atoms with Crippen LogP contribution in [0.4, 0.5) is 5.69 Å². The molecule has 1 aliphatic heterocycles. The van der Waals surface area contributed by atoms with Crippen LogP contribution in [0.15, 0.2) is 23.3 Å². The summed E-state index contributed by atoms with van der Waals surface area (Å²) in [6.07, 6.45) is 8.25. The van der Waals surface area contributed by atoms with Gasteiger partial charge in [0.2, 0.25) is 5.91 Å². The first-order valence-corrected chi connectivity index (χ1v) is 10.0. The van der Waals surface area contributed by atoms with E-state index in [0.29, 0.717) is 18.0 Å². The fraction of sp³-hybridized carbons (Fsp3) is 0.571. The van der Waals surface area contributed by atoms with Gasteiger partial charge in [-0.1, -0.05) is 39.0 Å². The van der Waals surface area contributed by atoms with Crippen LogP contribution in [0.3, 0.4) is 0 Å². The standard InChI is InChI=1S/C21H29N3O3/c1-3-4-8-13-24-18-14-16(27-2)11-12-17(18)19(21(24)26)22-23-20(25)15-9-6-5-7-10-15/h11-12,14-15H,3-10,13H2,1-2H3,(H,23,25)/b22-19-. The highest BCUT2D eigenvalue weighted by Gasteiger charge is 2.34. The molecule has 1 N–H and O–H groups in total. The first-order chi connectivity index (χ1) is 13.2. The first kappa shape index (κ1) is 19.4. The van der Waals surface area contributed by atoms with Gasteiger partial charge in [0, 0.05) is 24.1 Å². The number of anilines is 1. The number of amides is 2. The third kappa shape index (κ3) is 4.31. The van der Waals surface area contributed by atoms with Crippen molar-refractivity contribution in [2.45, 2.75) is 58.3 Å². The molecule has 1 aromatic carbocycles. The topological polar surface area (TPSA) is 71.0 Å². The maximum atomic E-state index is 12.9. The number of rotatable bonds is 7. The zero-order chi connectivity index (χ0) is 19.2. The third-order valence-corrected chi connectivity index (χ3v) is 5.44. The van der Waals surface area contributed by atoms with Crippen LogP contribution in [0.25, 0.3) is 0 Å². The normalized spacial score (nSPS) is 18.7. The molecule has 0 aromatic heterocycles. The highest BCUT2D eigenvalue weighted by molar-refractivity contribution is 6.54. The molecule has 6 nitrogen and oxygen atoms in total. The quantitative estimate of drug-likeness (QED) is 0.588. The summed E-state index contributed by atoms with van der Waals surface area (Å²) >= 11 is 0. The molecule has 1 fully saturated rings. The summed E-state index contributed by atoms with van der Waals surface area (Å²) in [5.41, 5.74) is 4.52. The van der Waals surface area contributed by atoms with Crippen LogP contribution >= 0.6 is 0 Å². The molecule has 0 radical (unpaired) electrons. The minimum absolute atomic E-state index is 0.00981. The Bertz CT molecular complexity index is 723. The van der Waals surface area contributed by atoms with Crippen molar-refractivity contribution in [2.75, 3.05) is 18.6 Å². The van der Waals surface area contributed by atoms with Gasteiger partial charge in [-0.25, -0.2) is 5.43 Å². The van der Waals surface area contributed by atoms with Crippen molar-refractivity contribution >= 4 is 23.2 Å². The number of fused-ring (bicyclic) bond motifs is 1. The second-order valence-corrected chi connectivity index (χ2v) is 7.32. The van der Waals surface area contributed by atoms with Gasteiger partial charge < -0.3 is 9.64 Å². The molecule has 6 heteroatoms. The molecule has 0 bridgehead atoms. The van der Waals surface area contributed by atoms with Crippen LogP contribution in [0.1, 0.15) is 63.9 Å². The third-order valence-electron chi connectivity index (χ3n) is 5.44. The van der Waals surface area contributed by atoms with Gasteiger partial charge in [0.15, 0.2) is 5.71 Å². The SMILES string of the molecule is CCCCCN1C(=O)/C(=N\NC(=O)C2CCCCC2)c2ccc(OC)cc21. The Kier molecular flexibility index (Phi) is 6.48. The number of benzene rings is 1. The van der Waals surface area contributed by atoms with Crippen molar-refractivity contribution in [3.63, 3.8) is 0 Å². The van der Waals surface area contributed by atoms with Crippen molar-refractivity contribution in [3.05, 3.63) is 23.8 Å². The summed E-state index contributed by atoms with van der Waals surface area (Å²) < 4.78 is 5.31. The predicted octanol–water partition coefficient (Wildman–Crippen LogP) is 3.63. The molecule has 2 aliphatic rings. The molecule has 0 atom stereocenters. The van der Waals surface area contributed by atoms with E-state index in [4.69, 9.17) is 4.74 Å². The molecule has 0 saturated heterocycles. The second kappa shape index (κ2) is 9.02. The van der Waals surface area contributed by atoms with Crippen molar-refractivity contribution in [1.29, 1.82) is 0 Å². The van der Waals surface area contributed by atoms with Crippen LogP contribution < -0.4 is 15.1 Å². The molecule has 2 amide bonds. The van der Waals surface area contributed by atoms with Crippen LogP contribution in [0.5, 0.6) is 5.75 Å². The zero-order valence-corrected chi connectivity index (χ0v) is 16.3. The van der Waals surface area contributed by atoms with Crippen molar-refractivity contribution < 1.29 is 14.3 Å². The molecular weight excluding hydrogens is 342 g/mol. The number of ether oxygens (including phenoxy) is 1. The summed E-state index contributed by atoms with van der Waals surface area (Å²) in [6, 6.07) is 5.53. The second-order valence-electron chi connectivity index (χ2n) is 7.32.